The van der Waals surface area contributed by atoms with Crippen molar-refractivity contribution in [2.24, 2.45) is 0 Å². The number of nitrogens with zero attached hydrogens (tertiary/aromatic N) is 2. The van der Waals surface area contributed by atoms with Crippen molar-refractivity contribution in [2.75, 3.05) is 13.7 Å². The Morgan fingerprint density at radius 1 is 1.43 bits per heavy atom. The third-order valence-electron chi connectivity index (χ3n) is 3.93. The SMILES string of the molecule is COc1ccccc1CCC(=O)N1CCc2nc[nH]c2C1. The number of para-hydroxylation sites is 1. The second kappa shape index (κ2) is 5.99. The minimum Gasteiger partial charge on any atom is -0.496 e. The maximum atomic E-state index is 12.4. The van der Waals surface area contributed by atoms with Crippen molar-refractivity contribution in [3.05, 3.63) is 47.5 Å². The van der Waals surface area contributed by atoms with Gasteiger partial charge in [0.25, 0.3) is 0 Å². The van der Waals surface area contributed by atoms with Crippen LogP contribution in [-0.4, -0.2) is 34.4 Å². The van der Waals surface area contributed by atoms with Gasteiger partial charge in [-0.15, -0.1) is 0 Å². The van der Waals surface area contributed by atoms with Gasteiger partial charge in [0.2, 0.25) is 5.91 Å². The molecule has 1 aliphatic heterocycles. The minimum atomic E-state index is 0.182. The second-order valence-electron chi connectivity index (χ2n) is 5.20. The first-order chi connectivity index (χ1) is 10.3. The topological polar surface area (TPSA) is 58.2 Å². The van der Waals surface area contributed by atoms with Gasteiger partial charge in [-0.05, 0) is 18.1 Å². The predicted molar refractivity (Wildman–Crippen MR) is 79.0 cm³/mol. The van der Waals surface area contributed by atoms with E-state index in [9.17, 15) is 4.79 Å². The molecule has 1 N–H and O–H groups in total. The van der Waals surface area contributed by atoms with Crippen molar-refractivity contribution >= 4 is 5.91 Å². The van der Waals surface area contributed by atoms with E-state index >= 15 is 0 Å². The Hall–Kier alpha value is -2.30. The van der Waals surface area contributed by atoms with E-state index in [4.69, 9.17) is 4.74 Å². The zero-order valence-electron chi connectivity index (χ0n) is 12.1. The molecule has 2 aromatic rings. The molecule has 2 heterocycles. The lowest BCUT2D eigenvalue weighted by atomic mass is 10.1. The lowest BCUT2D eigenvalue weighted by Gasteiger charge is -2.26. The molecule has 5 nitrogen and oxygen atoms in total. The van der Waals surface area contributed by atoms with Gasteiger partial charge in [-0.3, -0.25) is 4.79 Å². The van der Waals surface area contributed by atoms with Crippen molar-refractivity contribution in [3.63, 3.8) is 0 Å². The lowest BCUT2D eigenvalue weighted by Crippen LogP contribution is -2.36. The molecule has 0 bridgehead atoms. The first kappa shape index (κ1) is 13.7. The highest BCUT2D eigenvalue weighted by Crippen LogP contribution is 2.20. The molecule has 0 saturated carbocycles. The van der Waals surface area contributed by atoms with E-state index in [1.165, 1.54) is 0 Å². The van der Waals surface area contributed by atoms with Gasteiger partial charge in [-0.2, -0.15) is 0 Å². The number of aryl methyl sites for hydroxylation is 1. The van der Waals surface area contributed by atoms with Crippen molar-refractivity contribution in [3.8, 4) is 5.75 Å². The van der Waals surface area contributed by atoms with Crippen molar-refractivity contribution in [1.82, 2.24) is 14.9 Å². The number of hydrogen-bond acceptors (Lipinski definition) is 3. The van der Waals surface area contributed by atoms with Gasteiger partial charge in [0.1, 0.15) is 5.75 Å². The smallest absolute Gasteiger partial charge is 0.223 e. The van der Waals surface area contributed by atoms with Crippen LogP contribution in [0.15, 0.2) is 30.6 Å². The normalized spacial score (nSPS) is 13.9. The summed E-state index contributed by atoms with van der Waals surface area (Å²) in [5, 5.41) is 0. The first-order valence-corrected chi connectivity index (χ1v) is 7.18. The summed E-state index contributed by atoms with van der Waals surface area (Å²) in [4.78, 5) is 21.6. The molecule has 21 heavy (non-hydrogen) atoms. The molecule has 0 aliphatic carbocycles. The zero-order chi connectivity index (χ0) is 14.7. The molecule has 0 saturated heterocycles. The molecule has 110 valence electrons. The van der Waals surface area contributed by atoms with Crippen LogP contribution in [-0.2, 0) is 24.2 Å². The minimum absolute atomic E-state index is 0.182. The number of fused-ring (bicyclic) bond motifs is 1. The quantitative estimate of drug-likeness (QED) is 0.934. The third kappa shape index (κ3) is 2.91. The maximum Gasteiger partial charge on any atom is 0.223 e. The summed E-state index contributed by atoms with van der Waals surface area (Å²) in [6.07, 6.45) is 3.74. The van der Waals surface area contributed by atoms with Crippen LogP contribution in [0.3, 0.4) is 0 Å². The van der Waals surface area contributed by atoms with Crippen LogP contribution in [0.1, 0.15) is 23.4 Å². The Bertz CT molecular complexity index is 636. The Morgan fingerprint density at radius 2 is 2.29 bits per heavy atom. The lowest BCUT2D eigenvalue weighted by molar-refractivity contribution is -0.132. The van der Waals surface area contributed by atoms with Gasteiger partial charge in [0.15, 0.2) is 0 Å². The van der Waals surface area contributed by atoms with Crippen LogP contribution in [0.25, 0.3) is 0 Å². The molecule has 1 aliphatic rings. The number of amides is 1. The number of hydrogen-bond donors (Lipinski definition) is 1. The van der Waals surface area contributed by atoms with E-state index < -0.39 is 0 Å². The number of carbonyl (C=O) groups is 1. The highest BCUT2D eigenvalue weighted by atomic mass is 16.5. The molecule has 1 amide bonds. The van der Waals surface area contributed by atoms with Gasteiger partial charge in [0, 0.05) is 19.4 Å². The molecule has 5 heteroatoms. The summed E-state index contributed by atoms with van der Waals surface area (Å²) >= 11 is 0. The number of aromatic nitrogens is 2. The summed E-state index contributed by atoms with van der Waals surface area (Å²) in [6, 6.07) is 7.85. The van der Waals surface area contributed by atoms with E-state index in [2.05, 4.69) is 9.97 Å². The fraction of sp³-hybridized carbons (Fsp3) is 0.375. The number of benzene rings is 1. The number of carbonyl (C=O) groups excluding carboxylic acids is 1. The number of H-pyrrole nitrogens is 1. The van der Waals surface area contributed by atoms with Crippen LogP contribution in [0.5, 0.6) is 5.75 Å². The molecule has 0 radical (unpaired) electrons. The summed E-state index contributed by atoms with van der Waals surface area (Å²) in [7, 11) is 1.66. The van der Waals surface area contributed by atoms with Gasteiger partial charge in [0.05, 0.1) is 31.4 Å². The summed E-state index contributed by atoms with van der Waals surface area (Å²) in [5.41, 5.74) is 3.23. The highest BCUT2D eigenvalue weighted by molar-refractivity contribution is 5.76. The molecular weight excluding hydrogens is 266 g/mol. The largest absolute Gasteiger partial charge is 0.496 e. The molecular formula is C16H19N3O2. The van der Waals surface area contributed by atoms with Crippen molar-refractivity contribution < 1.29 is 9.53 Å². The predicted octanol–water partition coefficient (Wildman–Crippen LogP) is 1.94. The number of rotatable bonds is 4. The number of nitrogens with one attached hydrogen (secondary N) is 1. The molecule has 0 spiro atoms. The average molecular weight is 285 g/mol. The average Bonchev–Trinajstić information content (AvgIpc) is 3.00. The number of imidazole rings is 1. The summed E-state index contributed by atoms with van der Waals surface area (Å²) in [6.45, 7) is 1.39. The maximum absolute atomic E-state index is 12.4. The van der Waals surface area contributed by atoms with Gasteiger partial charge >= 0.3 is 0 Å². The molecule has 1 aromatic carbocycles. The fourth-order valence-electron chi connectivity index (χ4n) is 2.73. The first-order valence-electron chi connectivity index (χ1n) is 7.18. The van der Waals surface area contributed by atoms with Gasteiger partial charge < -0.3 is 14.6 Å². The van der Waals surface area contributed by atoms with Crippen LogP contribution < -0.4 is 4.74 Å². The van der Waals surface area contributed by atoms with Crippen molar-refractivity contribution in [1.29, 1.82) is 0 Å². The molecule has 0 atom stereocenters. The molecule has 3 rings (SSSR count). The van der Waals surface area contributed by atoms with Crippen molar-refractivity contribution in [2.45, 2.75) is 25.8 Å². The van der Waals surface area contributed by atoms with E-state index in [1.54, 1.807) is 13.4 Å². The standard InChI is InChI=1S/C16H19N3O2/c1-21-15-5-3-2-4-12(15)6-7-16(20)19-9-8-13-14(10-19)18-11-17-13/h2-5,11H,6-10H2,1H3,(H,17,18). The van der Waals surface area contributed by atoms with Gasteiger partial charge in [-0.1, -0.05) is 18.2 Å². The van der Waals surface area contributed by atoms with E-state index in [-0.39, 0.29) is 5.91 Å². The number of aromatic amines is 1. The molecule has 0 unspecified atom stereocenters. The van der Waals surface area contributed by atoms with Crippen LogP contribution in [0.4, 0.5) is 0 Å². The monoisotopic (exact) mass is 285 g/mol. The van der Waals surface area contributed by atoms with Crippen LogP contribution >= 0.6 is 0 Å². The Labute approximate surface area is 124 Å². The Morgan fingerprint density at radius 3 is 3.14 bits per heavy atom. The Kier molecular flexibility index (Phi) is 3.90. The summed E-state index contributed by atoms with van der Waals surface area (Å²) in [5.74, 6) is 1.03. The van der Waals surface area contributed by atoms with E-state index in [1.807, 2.05) is 29.2 Å². The van der Waals surface area contributed by atoms with Crippen LogP contribution in [0, 0.1) is 0 Å². The number of methoxy groups -OCH3 is 1. The summed E-state index contributed by atoms with van der Waals surface area (Å²) < 4.78 is 5.32. The van der Waals surface area contributed by atoms with Gasteiger partial charge in [-0.25, -0.2) is 4.98 Å². The van der Waals surface area contributed by atoms with E-state index in [0.717, 1.165) is 35.7 Å². The van der Waals surface area contributed by atoms with E-state index in [0.29, 0.717) is 19.4 Å². The molecule has 0 fully saturated rings. The fourth-order valence-corrected chi connectivity index (χ4v) is 2.73. The Balaban J connectivity index is 1.60. The second-order valence-corrected chi connectivity index (χ2v) is 5.20. The zero-order valence-corrected chi connectivity index (χ0v) is 12.1. The number of ether oxygens (including phenoxy) is 1. The third-order valence-corrected chi connectivity index (χ3v) is 3.93. The van der Waals surface area contributed by atoms with Crippen LogP contribution in [0.2, 0.25) is 0 Å². The highest BCUT2D eigenvalue weighted by Gasteiger charge is 2.22. The molecule has 1 aromatic heterocycles.